The molecule has 0 fully saturated rings. The molecule has 0 spiro atoms. The van der Waals surface area contributed by atoms with Gasteiger partial charge < -0.3 is 5.11 Å². The van der Waals surface area contributed by atoms with Gasteiger partial charge in [0.15, 0.2) is 0 Å². The Balaban J connectivity index is 2.45. The van der Waals surface area contributed by atoms with E-state index < -0.39 is 6.10 Å². The first-order valence-corrected chi connectivity index (χ1v) is 5.97. The molecule has 0 radical (unpaired) electrons. The Bertz CT molecular complexity index is 520. The van der Waals surface area contributed by atoms with Crippen molar-refractivity contribution in [1.29, 1.82) is 0 Å². The molecule has 2 heteroatoms. The zero-order valence-corrected chi connectivity index (χ0v) is 10.7. The van der Waals surface area contributed by atoms with Gasteiger partial charge in [0.05, 0.1) is 0 Å². The van der Waals surface area contributed by atoms with Crippen molar-refractivity contribution in [2.75, 3.05) is 0 Å². The lowest BCUT2D eigenvalue weighted by Gasteiger charge is -2.16. The number of aliphatic hydroxyl groups is 1. The average Bonchev–Trinajstić information content (AvgIpc) is 2.36. The second-order valence-corrected chi connectivity index (χ2v) is 4.60. The molecule has 2 rings (SSSR count). The molecule has 1 N–H and O–H groups in total. The van der Waals surface area contributed by atoms with Crippen molar-refractivity contribution in [2.45, 2.75) is 20.0 Å². The first kappa shape index (κ1) is 12.2. The minimum absolute atomic E-state index is 0.616. The molecule has 0 saturated heterocycles. The van der Waals surface area contributed by atoms with Crippen LogP contribution in [0.2, 0.25) is 5.02 Å². The Morgan fingerprint density at radius 1 is 1.00 bits per heavy atom. The van der Waals surface area contributed by atoms with Crippen LogP contribution >= 0.6 is 11.6 Å². The third-order valence-electron chi connectivity index (χ3n) is 3.03. The van der Waals surface area contributed by atoms with E-state index in [1.54, 1.807) is 0 Å². The van der Waals surface area contributed by atoms with Crippen LogP contribution in [0.25, 0.3) is 0 Å². The summed E-state index contributed by atoms with van der Waals surface area (Å²) in [4.78, 5) is 0. The van der Waals surface area contributed by atoms with Gasteiger partial charge in [-0.2, -0.15) is 0 Å². The third kappa shape index (κ3) is 2.36. The minimum Gasteiger partial charge on any atom is -0.384 e. The molecule has 2 aromatic rings. The summed E-state index contributed by atoms with van der Waals surface area (Å²) >= 11 is 6.20. The van der Waals surface area contributed by atoms with Crippen molar-refractivity contribution in [3.05, 3.63) is 69.7 Å². The number of halogens is 1. The molecule has 1 nitrogen and oxygen atoms in total. The van der Waals surface area contributed by atoms with Gasteiger partial charge >= 0.3 is 0 Å². The van der Waals surface area contributed by atoms with Crippen LogP contribution in [0.15, 0.2) is 42.5 Å². The van der Waals surface area contributed by atoms with E-state index in [1.165, 1.54) is 0 Å². The van der Waals surface area contributed by atoms with Crippen LogP contribution in [0, 0.1) is 13.8 Å². The van der Waals surface area contributed by atoms with Gasteiger partial charge in [-0.15, -0.1) is 0 Å². The van der Waals surface area contributed by atoms with Gasteiger partial charge in [0.25, 0.3) is 0 Å². The normalized spacial score (nSPS) is 12.5. The minimum atomic E-state index is -0.616. The summed E-state index contributed by atoms with van der Waals surface area (Å²) in [6, 6.07) is 13.5. The van der Waals surface area contributed by atoms with Crippen molar-refractivity contribution in [3.63, 3.8) is 0 Å². The Morgan fingerprint density at radius 2 is 1.65 bits per heavy atom. The van der Waals surface area contributed by atoms with Crippen LogP contribution in [0.5, 0.6) is 0 Å². The average molecular weight is 247 g/mol. The second-order valence-electron chi connectivity index (χ2n) is 4.22. The molecule has 0 amide bonds. The van der Waals surface area contributed by atoms with Crippen molar-refractivity contribution in [2.24, 2.45) is 0 Å². The van der Waals surface area contributed by atoms with Gasteiger partial charge in [0.1, 0.15) is 6.10 Å². The van der Waals surface area contributed by atoms with E-state index in [1.807, 2.05) is 56.3 Å². The number of rotatable bonds is 2. The SMILES string of the molecule is Cc1ccc(C(O)c2ccccc2)c(C)c1Cl. The first-order chi connectivity index (χ1) is 8.11. The highest BCUT2D eigenvalue weighted by Gasteiger charge is 2.14. The summed E-state index contributed by atoms with van der Waals surface area (Å²) in [7, 11) is 0. The highest BCUT2D eigenvalue weighted by molar-refractivity contribution is 6.32. The fourth-order valence-electron chi connectivity index (χ4n) is 1.95. The largest absolute Gasteiger partial charge is 0.384 e. The molecule has 88 valence electrons. The van der Waals surface area contributed by atoms with E-state index in [-0.39, 0.29) is 0 Å². The van der Waals surface area contributed by atoms with Crippen LogP contribution in [0.3, 0.4) is 0 Å². The molecule has 2 aromatic carbocycles. The van der Waals surface area contributed by atoms with Crippen LogP contribution in [-0.2, 0) is 0 Å². The number of hydrogen-bond acceptors (Lipinski definition) is 1. The maximum absolute atomic E-state index is 10.3. The monoisotopic (exact) mass is 246 g/mol. The van der Waals surface area contributed by atoms with Crippen LogP contribution < -0.4 is 0 Å². The van der Waals surface area contributed by atoms with E-state index >= 15 is 0 Å². The van der Waals surface area contributed by atoms with Gasteiger partial charge in [0, 0.05) is 5.02 Å². The fraction of sp³-hybridized carbons (Fsp3) is 0.200. The van der Waals surface area contributed by atoms with Crippen LogP contribution in [0.1, 0.15) is 28.4 Å². The summed E-state index contributed by atoms with van der Waals surface area (Å²) in [6.07, 6.45) is -0.616. The number of hydrogen-bond donors (Lipinski definition) is 1. The molecule has 17 heavy (non-hydrogen) atoms. The smallest absolute Gasteiger partial charge is 0.104 e. The number of aliphatic hydroxyl groups excluding tert-OH is 1. The molecule has 0 heterocycles. The Morgan fingerprint density at radius 3 is 2.29 bits per heavy atom. The second kappa shape index (κ2) is 4.91. The van der Waals surface area contributed by atoms with E-state index in [9.17, 15) is 5.11 Å². The Labute approximate surface area is 107 Å². The quantitative estimate of drug-likeness (QED) is 0.848. The van der Waals surface area contributed by atoms with E-state index in [4.69, 9.17) is 11.6 Å². The maximum atomic E-state index is 10.3. The lowest BCUT2D eigenvalue weighted by atomic mass is 9.96. The molecule has 0 aromatic heterocycles. The number of aryl methyl sites for hydroxylation is 1. The molecule has 1 atom stereocenters. The Hall–Kier alpha value is -1.31. The van der Waals surface area contributed by atoms with Crippen molar-refractivity contribution in [3.8, 4) is 0 Å². The van der Waals surface area contributed by atoms with Crippen molar-refractivity contribution < 1.29 is 5.11 Å². The molecule has 0 saturated carbocycles. The first-order valence-electron chi connectivity index (χ1n) is 5.60. The van der Waals surface area contributed by atoms with Gasteiger partial charge in [0.2, 0.25) is 0 Å². The summed E-state index contributed by atoms with van der Waals surface area (Å²) in [5.74, 6) is 0. The predicted molar refractivity (Wildman–Crippen MR) is 71.4 cm³/mol. The van der Waals surface area contributed by atoms with E-state index in [0.29, 0.717) is 0 Å². The van der Waals surface area contributed by atoms with Gasteiger partial charge in [-0.25, -0.2) is 0 Å². The summed E-state index contributed by atoms with van der Waals surface area (Å²) in [6.45, 7) is 3.91. The molecule has 0 bridgehead atoms. The molecular weight excluding hydrogens is 232 g/mol. The molecule has 0 aliphatic heterocycles. The molecule has 1 unspecified atom stereocenters. The topological polar surface area (TPSA) is 20.2 Å². The molecule has 0 aliphatic rings. The van der Waals surface area contributed by atoms with Crippen molar-refractivity contribution >= 4 is 11.6 Å². The van der Waals surface area contributed by atoms with Crippen LogP contribution in [-0.4, -0.2) is 5.11 Å². The van der Waals surface area contributed by atoms with Gasteiger partial charge in [-0.1, -0.05) is 54.1 Å². The summed E-state index contributed by atoms with van der Waals surface area (Å²) < 4.78 is 0. The standard InChI is InChI=1S/C15H15ClO/c1-10-8-9-13(11(2)14(10)16)15(17)12-6-4-3-5-7-12/h3-9,15,17H,1-2H3. The van der Waals surface area contributed by atoms with E-state index in [0.717, 1.165) is 27.3 Å². The van der Waals surface area contributed by atoms with E-state index in [2.05, 4.69) is 0 Å². The summed E-state index contributed by atoms with van der Waals surface area (Å²) in [5, 5.41) is 11.1. The highest BCUT2D eigenvalue weighted by atomic mass is 35.5. The maximum Gasteiger partial charge on any atom is 0.104 e. The third-order valence-corrected chi connectivity index (χ3v) is 3.61. The van der Waals surface area contributed by atoms with Gasteiger partial charge in [-0.3, -0.25) is 0 Å². The zero-order valence-electron chi connectivity index (χ0n) is 9.94. The van der Waals surface area contributed by atoms with Crippen LogP contribution in [0.4, 0.5) is 0 Å². The zero-order chi connectivity index (χ0) is 12.4. The molecule has 0 aliphatic carbocycles. The lowest BCUT2D eigenvalue weighted by Crippen LogP contribution is -2.02. The summed E-state index contributed by atoms with van der Waals surface area (Å²) in [5.41, 5.74) is 3.73. The van der Waals surface area contributed by atoms with Gasteiger partial charge in [-0.05, 0) is 36.1 Å². The Kier molecular flexibility index (Phi) is 3.51. The number of benzene rings is 2. The lowest BCUT2D eigenvalue weighted by molar-refractivity contribution is 0.219. The predicted octanol–water partition coefficient (Wildman–Crippen LogP) is 4.04. The highest BCUT2D eigenvalue weighted by Crippen LogP contribution is 2.30. The molecular formula is C15H15ClO. The van der Waals surface area contributed by atoms with Crippen molar-refractivity contribution in [1.82, 2.24) is 0 Å². The fourth-order valence-corrected chi connectivity index (χ4v) is 2.12.